The summed E-state index contributed by atoms with van der Waals surface area (Å²) in [5.74, 6) is 0. The van der Waals surface area contributed by atoms with Gasteiger partial charge in [0.15, 0.2) is 0 Å². The summed E-state index contributed by atoms with van der Waals surface area (Å²) in [7, 11) is 4.21. The van der Waals surface area contributed by atoms with Crippen molar-refractivity contribution in [1.29, 1.82) is 0 Å². The number of carbonyl (C=O) groups is 1. The van der Waals surface area contributed by atoms with E-state index in [0.717, 1.165) is 19.4 Å². The molecule has 2 rings (SSSR count). The van der Waals surface area contributed by atoms with Crippen LogP contribution >= 0.6 is 0 Å². The van der Waals surface area contributed by atoms with Crippen LogP contribution in [0, 0.1) is 0 Å². The molecule has 122 valence electrons. The summed E-state index contributed by atoms with van der Waals surface area (Å²) in [6, 6.07) is 10.8. The second-order valence-electron chi connectivity index (χ2n) is 7.24. The number of hydrogen-bond acceptors (Lipinski definition) is 3. The first-order valence-corrected chi connectivity index (χ1v) is 7.99. The highest BCUT2D eigenvalue weighted by Gasteiger charge is 2.35. The zero-order chi connectivity index (χ0) is 16.3. The minimum absolute atomic E-state index is 0.0807. The van der Waals surface area contributed by atoms with E-state index in [1.54, 1.807) is 0 Å². The summed E-state index contributed by atoms with van der Waals surface area (Å²) < 4.78 is 5.60. The van der Waals surface area contributed by atoms with Gasteiger partial charge in [-0.15, -0.1) is 0 Å². The standard InChI is InChI=1S/C18H28N2O2/c1-18(2,3)22-17(21)20-12-11-15(19(4)5)13-16(20)14-9-7-6-8-10-14/h6-10,15-16H,11-13H2,1-5H3/t15-,16-/m1/s1. The fraction of sp³-hybridized carbons (Fsp3) is 0.611. The van der Waals surface area contributed by atoms with Gasteiger partial charge in [0.05, 0.1) is 6.04 Å². The molecule has 0 aliphatic carbocycles. The average Bonchev–Trinajstić information content (AvgIpc) is 2.45. The predicted molar refractivity (Wildman–Crippen MR) is 88.8 cm³/mol. The van der Waals surface area contributed by atoms with Gasteiger partial charge in [0.2, 0.25) is 0 Å². The van der Waals surface area contributed by atoms with Crippen molar-refractivity contribution in [3.8, 4) is 0 Å². The highest BCUT2D eigenvalue weighted by Crippen LogP contribution is 2.33. The molecule has 0 radical (unpaired) electrons. The Kier molecular flexibility index (Phi) is 5.12. The summed E-state index contributed by atoms with van der Waals surface area (Å²) in [5.41, 5.74) is 0.719. The number of rotatable bonds is 2. The number of ether oxygens (including phenoxy) is 1. The molecule has 1 amide bonds. The van der Waals surface area contributed by atoms with Crippen molar-refractivity contribution in [2.45, 2.75) is 51.3 Å². The van der Waals surface area contributed by atoms with Crippen molar-refractivity contribution in [2.24, 2.45) is 0 Å². The maximum absolute atomic E-state index is 12.6. The molecule has 0 saturated carbocycles. The van der Waals surface area contributed by atoms with E-state index in [-0.39, 0.29) is 12.1 Å². The number of nitrogens with zero attached hydrogens (tertiary/aromatic N) is 2. The van der Waals surface area contributed by atoms with Crippen LogP contribution in [-0.4, -0.2) is 48.2 Å². The molecule has 4 nitrogen and oxygen atoms in total. The SMILES string of the molecule is CN(C)[C@@H]1CCN(C(=O)OC(C)(C)C)[C@@H](c2ccccc2)C1. The van der Waals surface area contributed by atoms with Crippen molar-refractivity contribution in [3.63, 3.8) is 0 Å². The molecule has 1 fully saturated rings. The molecule has 1 aliphatic heterocycles. The van der Waals surface area contributed by atoms with Gasteiger partial charge in [0.1, 0.15) is 5.60 Å². The largest absolute Gasteiger partial charge is 0.444 e. The zero-order valence-corrected chi connectivity index (χ0v) is 14.4. The Hall–Kier alpha value is -1.55. The highest BCUT2D eigenvalue weighted by molar-refractivity contribution is 5.69. The van der Waals surface area contributed by atoms with Crippen LogP contribution < -0.4 is 0 Å². The van der Waals surface area contributed by atoms with Crippen molar-refractivity contribution < 1.29 is 9.53 Å². The first-order valence-electron chi connectivity index (χ1n) is 7.99. The highest BCUT2D eigenvalue weighted by atomic mass is 16.6. The zero-order valence-electron chi connectivity index (χ0n) is 14.4. The Balaban J connectivity index is 2.21. The van der Waals surface area contributed by atoms with Crippen molar-refractivity contribution in [2.75, 3.05) is 20.6 Å². The van der Waals surface area contributed by atoms with Crippen LogP contribution in [0.4, 0.5) is 4.79 Å². The van der Waals surface area contributed by atoms with E-state index in [9.17, 15) is 4.79 Å². The number of amides is 1. The van der Waals surface area contributed by atoms with Gasteiger partial charge in [-0.2, -0.15) is 0 Å². The van der Waals surface area contributed by atoms with Crippen LogP contribution in [0.25, 0.3) is 0 Å². The number of benzene rings is 1. The van der Waals surface area contributed by atoms with E-state index >= 15 is 0 Å². The van der Waals surface area contributed by atoms with E-state index in [2.05, 4.69) is 31.1 Å². The molecule has 0 aromatic heterocycles. The molecule has 1 aromatic rings. The summed E-state index contributed by atoms with van der Waals surface area (Å²) in [6.45, 7) is 6.47. The summed E-state index contributed by atoms with van der Waals surface area (Å²) in [6.07, 6.45) is 1.71. The van der Waals surface area contributed by atoms with Crippen LogP contribution in [0.2, 0.25) is 0 Å². The number of hydrogen-bond donors (Lipinski definition) is 0. The molecular weight excluding hydrogens is 276 g/mol. The van der Waals surface area contributed by atoms with Crippen molar-refractivity contribution in [1.82, 2.24) is 9.80 Å². The molecule has 0 bridgehead atoms. The van der Waals surface area contributed by atoms with Crippen LogP contribution in [0.5, 0.6) is 0 Å². The van der Waals surface area contributed by atoms with Crippen LogP contribution in [0.3, 0.4) is 0 Å². The number of carbonyl (C=O) groups excluding carboxylic acids is 1. The van der Waals surface area contributed by atoms with E-state index in [0.29, 0.717) is 6.04 Å². The van der Waals surface area contributed by atoms with Gasteiger partial charge < -0.3 is 14.5 Å². The topological polar surface area (TPSA) is 32.8 Å². The second kappa shape index (κ2) is 6.69. The molecule has 1 aromatic carbocycles. The van der Waals surface area contributed by atoms with Gasteiger partial charge in [0, 0.05) is 12.6 Å². The third-order valence-electron chi connectivity index (χ3n) is 4.12. The molecule has 2 atom stereocenters. The Morgan fingerprint density at radius 1 is 1.23 bits per heavy atom. The van der Waals surface area contributed by atoms with E-state index in [1.807, 2.05) is 43.9 Å². The lowest BCUT2D eigenvalue weighted by Gasteiger charge is -2.42. The molecule has 22 heavy (non-hydrogen) atoms. The van der Waals surface area contributed by atoms with E-state index < -0.39 is 5.60 Å². The molecule has 0 N–H and O–H groups in total. The first-order chi connectivity index (χ1) is 10.3. The van der Waals surface area contributed by atoms with Gasteiger partial charge in [-0.25, -0.2) is 4.79 Å². The third kappa shape index (κ3) is 4.23. The maximum atomic E-state index is 12.6. The molecule has 1 saturated heterocycles. The van der Waals surface area contributed by atoms with Crippen LogP contribution in [-0.2, 0) is 4.74 Å². The predicted octanol–water partition coefficient (Wildman–Crippen LogP) is 3.69. The molecule has 0 unspecified atom stereocenters. The van der Waals surface area contributed by atoms with E-state index in [1.165, 1.54) is 5.56 Å². The molecule has 1 aliphatic rings. The van der Waals surface area contributed by atoms with E-state index in [4.69, 9.17) is 4.74 Å². The Morgan fingerprint density at radius 2 is 1.86 bits per heavy atom. The summed E-state index contributed by atoms with van der Waals surface area (Å²) in [5, 5.41) is 0. The number of piperidine rings is 1. The molecular formula is C18H28N2O2. The normalized spacial score (nSPS) is 22.7. The van der Waals surface area contributed by atoms with Gasteiger partial charge in [-0.3, -0.25) is 0 Å². The molecule has 1 heterocycles. The first kappa shape index (κ1) is 16.8. The minimum atomic E-state index is -0.462. The van der Waals surface area contributed by atoms with Gasteiger partial charge in [-0.1, -0.05) is 30.3 Å². The smallest absolute Gasteiger partial charge is 0.410 e. The lowest BCUT2D eigenvalue weighted by molar-refractivity contribution is 0.00155. The lowest BCUT2D eigenvalue weighted by Crippen LogP contribution is -2.47. The minimum Gasteiger partial charge on any atom is -0.444 e. The van der Waals surface area contributed by atoms with Gasteiger partial charge >= 0.3 is 6.09 Å². The third-order valence-corrected chi connectivity index (χ3v) is 4.12. The molecule has 4 heteroatoms. The monoisotopic (exact) mass is 304 g/mol. The van der Waals surface area contributed by atoms with Crippen LogP contribution in [0.15, 0.2) is 30.3 Å². The number of likely N-dealkylation sites (tertiary alicyclic amines) is 1. The average molecular weight is 304 g/mol. The summed E-state index contributed by atoms with van der Waals surface area (Å²) in [4.78, 5) is 16.7. The maximum Gasteiger partial charge on any atom is 0.410 e. The van der Waals surface area contributed by atoms with Crippen molar-refractivity contribution >= 4 is 6.09 Å². The molecule has 0 spiro atoms. The summed E-state index contributed by atoms with van der Waals surface area (Å²) >= 11 is 0. The van der Waals surface area contributed by atoms with Crippen LogP contribution in [0.1, 0.15) is 45.2 Å². The second-order valence-corrected chi connectivity index (χ2v) is 7.24. The Morgan fingerprint density at radius 3 is 2.41 bits per heavy atom. The van der Waals surface area contributed by atoms with Gasteiger partial charge in [0.25, 0.3) is 0 Å². The lowest BCUT2D eigenvalue weighted by atomic mass is 9.91. The van der Waals surface area contributed by atoms with Crippen molar-refractivity contribution in [3.05, 3.63) is 35.9 Å². The van der Waals surface area contributed by atoms with Gasteiger partial charge in [-0.05, 0) is 53.3 Å². The Labute approximate surface area is 134 Å². The Bertz CT molecular complexity index is 494. The fourth-order valence-corrected chi connectivity index (χ4v) is 2.95. The fourth-order valence-electron chi connectivity index (χ4n) is 2.95. The quantitative estimate of drug-likeness (QED) is 0.835.